The number of aromatic nitrogens is 2. The first-order chi connectivity index (χ1) is 19.5. The highest BCUT2D eigenvalue weighted by Crippen LogP contribution is 2.33. The number of thioether (sulfide) groups is 1. The number of nitrogens with one attached hydrogen (secondary N) is 1. The van der Waals surface area contributed by atoms with E-state index >= 15 is 0 Å². The zero-order valence-corrected chi connectivity index (χ0v) is 23.9. The number of esters is 1. The quantitative estimate of drug-likeness (QED) is 0.213. The maximum atomic E-state index is 14.2. The Morgan fingerprint density at radius 1 is 1.07 bits per heavy atom. The van der Waals surface area contributed by atoms with Gasteiger partial charge in [-0.05, 0) is 55.5 Å². The van der Waals surface area contributed by atoms with Crippen molar-refractivity contribution in [2.24, 2.45) is 4.99 Å². The fraction of sp³-hybridized carbons (Fsp3) is 0.156. The van der Waals surface area contributed by atoms with Crippen molar-refractivity contribution in [1.29, 1.82) is 0 Å². The van der Waals surface area contributed by atoms with Crippen LogP contribution in [0.4, 0.5) is 0 Å². The summed E-state index contributed by atoms with van der Waals surface area (Å²) in [7, 11) is 0. The predicted molar refractivity (Wildman–Crippen MR) is 162 cm³/mol. The van der Waals surface area contributed by atoms with Crippen LogP contribution in [0, 0.1) is 0 Å². The van der Waals surface area contributed by atoms with Gasteiger partial charge in [-0.3, -0.25) is 9.36 Å². The predicted octanol–water partition coefficient (Wildman–Crippen LogP) is 5.67. The van der Waals surface area contributed by atoms with Crippen molar-refractivity contribution in [1.82, 2.24) is 9.55 Å². The second-order valence-electron chi connectivity index (χ2n) is 9.40. The molecule has 1 atom stereocenters. The Bertz CT molecular complexity index is 1950. The molecule has 200 valence electrons. The van der Waals surface area contributed by atoms with Crippen LogP contribution in [-0.4, -0.2) is 28.4 Å². The Hall–Kier alpha value is -4.14. The van der Waals surface area contributed by atoms with Crippen LogP contribution in [0.3, 0.4) is 0 Å². The number of carbonyl (C=O) groups excluding carboxylic acids is 1. The molecule has 3 heterocycles. The highest BCUT2D eigenvalue weighted by molar-refractivity contribution is 7.98. The Balaban J connectivity index is 1.59. The van der Waals surface area contributed by atoms with E-state index in [2.05, 4.69) is 23.2 Å². The van der Waals surface area contributed by atoms with Crippen LogP contribution < -0.4 is 14.9 Å². The van der Waals surface area contributed by atoms with Gasteiger partial charge < -0.3 is 9.72 Å². The SMILES string of the molecule is CCOC(=O)C1=C(C)N=c2s/c(=C/c3c(-c4ccccc4)[nH]c4ccccc34)c(=O)n2[C@@H]1c1ccc(SC)cc1. The fourth-order valence-corrected chi connectivity index (χ4v) is 6.61. The summed E-state index contributed by atoms with van der Waals surface area (Å²) in [6.07, 6.45) is 3.96. The lowest BCUT2D eigenvalue weighted by atomic mass is 9.96. The van der Waals surface area contributed by atoms with Crippen molar-refractivity contribution >= 4 is 46.0 Å². The number of thiazole rings is 1. The van der Waals surface area contributed by atoms with Gasteiger partial charge in [0.2, 0.25) is 0 Å². The van der Waals surface area contributed by atoms with Gasteiger partial charge >= 0.3 is 5.97 Å². The number of para-hydroxylation sites is 1. The smallest absolute Gasteiger partial charge is 0.338 e. The Kier molecular flexibility index (Phi) is 7.04. The molecule has 2 aromatic heterocycles. The van der Waals surface area contributed by atoms with Crippen molar-refractivity contribution < 1.29 is 9.53 Å². The molecule has 1 N–H and O–H groups in total. The summed E-state index contributed by atoms with van der Waals surface area (Å²) in [5, 5.41) is 1.03. The topological polar surface area (TPSA) is 76.4 Å². The van der Waals surface area contributed by atoms with Crippen molar-refractivity contribution in [2.45, 2.75) is 24.8 Å². The van der Waals surface area contributed by atoms with Gasteiger partial charge in [-0.25, -0.2) is 9.79 Å². The maximum absolute atomic E-state index is 14.2. The number of aromatic amines is 1. The average molecular weight is 566 g/mol. The van der Waals surface area contributed by atoms with Crippen LogP contribution >= 0.6 is 23.1 Å². The second kappa shape index (κ2) is 10.8. The highest BCUT2D eigenvalue weighted by Gasteiger charge is 2.33. The third-order valence-corrected chi connectivity index (χ3v) is 8.76. The zero-order chi connectivity index (χ0) is 27.8. The van der Waals surface area contributed by atoms with Gasteiger partial charge in [0.15, 0.2) is 4.80 Å². The van der Waals surface area contributed by atoms with Crippen LogP contribution in [-0.2, 0) is 9.53 Å². The molecule has 0 saturated carbocycles. The van der Waals surface area contributed by atoms with E-state index in [0.29, 0.717) is 20.6 Å². The third kappa shape index (κ3) is 4.53. The number of fused-ring (bicyclic) bond motifs is 2. The number of carbonyl (C=O) groups is 1. The fourth-order valence-electron chi connectivity index (χ4n) is 5.17. The molecule has 8 heteroatoms. The number of hydrogen-bond donors (Lipinski definition) is 1. The van der Waals surface area contributed by atoms with Crippen molar-refractivity contribution in [2.75, 3.05) is 12.9 Å². The van der Waals surface area contributed by atoms with Crippen LogP contribution in [0.5, 0.6) is 0 Å². The molecule has 0 radical (unpaired) electrons. The first kappa shape index (κ1) is 26.1. The molecular formula is C32H27N3O3S2. The van der Waals surface area contributed by atoms with E-state index in [4.69, 9.17) is 9.73 Å². The molecule has 0 amide bonds. The van der Waals surface area contributed by atoms with Crippen LogP contribution in [0.15, 0.2) is 105 Å². The summed E-state index contributed by atoms with van der Waals surface area (Å²) in [4.78, 5) is 37.3. The Labute approximate surface area is 239 Å². The lowest BCUT2D eigenvalue weighted by molar-refractivity contribution is -0.139. The van der Waals surface area contributed by atoms with Gasteiger partial charge in [0.1, 0.15) is 0 Å². The summed E-state index contributed by atoms with van der Waals surface area (Å²) in [6.45, 7) is 3.82. The van der Waals surface area contributed by atoms with E-state index in [1.807, 2.05) is 73.0 Å². The molecule has 0 spiro atoms. The standard InChI is InChI=1S/C32H27N3O3S2/c1-4-38-31(37)27-19(2)33-32-35(29(27)21-14-16-22(39-3)17-15-21)30(36)26(40-32)18-24-23-12-8-9-13-25(23)34-28(24)20-10-6-5-7-11-20/h5-18,29,34H,4H2,1-3H3/b26-18+/t29-/m1/s1. The third-order valence-electron chi connectivity index (χ3n) is 7.03. The van der Waals surface area contributed by atoms with E-state index in [1.165, 1.54) is 11.3 Å². The minimum Gasteiger partial charge on any atom is -0.463 e. The molecular weight excluding hydrogens is 539 g/mol. The summed E-state index contributed by atoms with van der Waals surface area (Å²) < 4.78 is 7.61. The molecule has 1 aliphatic heterocycles. The molecule has 6 nitrogen and oxygen atoms in total. The average Bonchev–Trinajstić information content (AvgIpc) is 3.50. The monoisotopic (exact) mass is 565 g/mol. The zero-order valence-electron chi connectivity index (χ0n) is 22.3. The number of benzene rings is 3. The number of nitrogens with zero attached hydrogens (tertiary/aromatic N) is 2. The number of allylic oxidation sites excluding steroid dienone is 1. The van der Waals surface area contributed by atoms with Gasteiger partial charge in [-0.2, -0.15) is 0 Å². The van der Waals surface area contributed by atoms with E-state index in [9.17, 15) is 9.59 Å². The number of hydrogen-bond acceptors (Lipinski definition) is 6. The van der Waals surface area contributed by atoms with Crippen LogP contribution in [0.1, 0.15) is 31.0 Å². The molecule has 5 aromatic rings. The summed E-state index contributed by atoms with van der Waals surface area (Å²) in [5.74, 6) is -0.458. The molecule has 3 aromatic carbocycles. The van der Waals surface area contributed by atoms with Crippen molar-refractivity contribution in [3.05, 3.63) is 121 Å². The molecule has 6 rings (SSSR count). The molecule has 40 heavy (non-hydrogen) atoms. The summed E-state index contributed by atoms with van der Waals surface area (Å²) in [6, 6.07) is 25.5. The van der Waals surface area contributed by atoms with Gasteiger partial charge in [0, 0.05) is 21.4 Å². The first-order valence-corrected chi connectivity index (χ1v) is 15.0. The van der Waals surface area contributed by atoms with Gasteiger partial charge in [0.25, 0.3) is 5.56 Å². The van der Waals surface area contributed by atoms with E-state index in [0.717, 1.165) is 38.2 Å². The minimum absolute atomic E-state index is 0.193. The first-order valence-electron chi connectivity index (χ1n) is 13.0. The normalized spacial score (nSPS) is 15.3. The van der Waals surface area contributed by atoms with Gasteiger partial charge in [-0.1, -0.05) is 72.0 Å². The lowest BCUT2D eigenvalue weighted by Gasteiger charge is -2.24. The van der Waals surface area contributed by atoms with Gasteiger partial charge in [0.05, 0.1) is 34.1 Å². The molecule has 0 fully saturated rings. The van der Waals surface area contributed by atoms with Crippen LogP contribution in [0.25, 0.3) is 28.2 Å². The molecule has 0 aliphatic carbocycles. The van der Waals surface area contributed by atoms with Gasteiger partial charge in [-0.15, -0.1) is 11.8 Å². The summed E-state index contributed by atoms with van der Waals surface area (Å²) in [5.41, 5.74) is 5.49. The van der Waals surface area contributed by atoms with E-state index < -0.39 is 12.0 Å². The largest absolute Gasteiger partial charge is 0.463 e. The molecule has 0 bridgehead atoms. The highest BCUT2D eigenvalue weighted by atomic mass is 32.2. The molecule has 0 unspecified atom stereocenters. The Morgan fingerprint density at radius 2 is 1.80 bits per heavy atom. The Morgan fingerprint density at radius 3 is 2.52 bits per heavy atom. The van der Waals surface area contributed by atoms with E-state index in [1.54, 1.807) is 30.2 Å². The minimum atomic E-state index is -0.634. The second-order valence-corrected chi connectivity index (χ2v) is 11.3. The van der Waals surface area contributed by atoms with Crippen molar-refractivity contribution in [3.8, 4) is 11.3 Å². The lowest BCUT2D eigenvalue weighted by Crippen LogP contribution is -2.39. The van der Waals surface area contributed by atoms with E-state index in [-0.39, 0.29) is 12.2 Å². The number of H-pyrrole nitrogens is 1. The van der Waals surface area contributed by atoms with Crippen LogP contribution in [0.2, 0.25) is 0 Å². The number of ether oxygens (including phenoxy) is 1. The maximum Gasteiger partial charge on any atom is 0.338 e. The number of rotatable bonds is 6. The summed E-state index contributed by atoms with van der Waals surface area (Å²) >= 11 is 2.97. The molecule has 1 aliphatic rings. The molecule has 0 saturated heterocycles. The van der Waals surface area contributed by atoms with Crippen molar-refractivity contribution in [3.63, 3.8) is 0 Å².